The van der Waals surface area contributed by atoms with Gasteiger partial charge in [-0.15, -0.1) is 0 Å². The van der Waals surface area contributed by atoms with Gasteiger partial charge < -0.3 is 18.6 Å². The average Bonchev–Trinajstić information content (AvgIpc) is 3.37. The van der Waals surface area contributed by atoms with Crippen LogP contribution in [0.4, 0.5) is 0 Å². The van der Waals surface area contributed by atoms with E-state index in [0.717, 1.165) is 49.9 Å². The number of imidazole rings is 1. The SMILES string of the molecule is COc1ccc(-n2ccnc2CN2CCCN(C(=O)c3ccco3)CC2)cc1. The highest BCUT2D eigenvalue weighted by atomic mass is 16.5. The zero-order valence-corrected chi connectivity index (χ0v) is 16.0. The van der Waals surface area contributed by atoms with Crippen LogP contribution in [-0.2, 0) is 6.54 Å². The van der Waals surface area contributed by atoms with Crippen molar-refractivity contribution >= 4 is 5.91 Å². The summed E-state index contributed by atoms with van der Waals surface area (Å²) in [5.41, 5.74) is 1.05. The number of benzene rings is 1. The van der Waals surface area contributed by atoms with Gasteiger partial charge in [-0.05, 0) is 42.8 Å². The summed E-state index contributed by atoms with van der Waals surface area (Å²) in [6, 6.07) is 11.4. The van der Waals surface area contributed by atoms with Crippen LogP contribution in [0, 0.1) is 0 Å². The second-order valence-electron chi connectivity index (χ2n) is 6.81. The molecule has 1 aromatic carbocycles. The van der Waals surface area contributed by atoms with Crippen LogP contribution in [0.3, 0.4) is 0 Å². The van der Waals surface area contributed by atoms with Crippen molar-refractivity contribution in [3.8, 4) is 11.4 Å². The Morgan fingerprint density at radius 1 is 1.14 bits per heavy atom. The third-order valence-electron chi connectivity index (χ3n) is 5.04. The molecule has 7 nitrogen and oxygen atoms in total. The lowest BCUT2D eigenvalue weighted by Gasteiger charge is -2.21. The molecule has 7 heteroatoms. The molecule has 3 heterocycles. The largest absolute Gasteiger partial charge is 0.497 e. The van der Waals surface area contributed by atoms with Crippen molar-refractivity contribution in [2.24, 2.45) is 0 Å². The maximum absolute atomic E-state index is 12.5. The van der Waals surface area contributed by atoms with E-state index in [4.69, 9.17) is 9.15 Å². The van der Waals surface area contributed by atoms with E-state index in [9.17, 15) is 4.79 Å². The molecule has 3 aromatic rings. The number of carbonyl (C=O) groups is 1. The Labute approximate surface area is 164 Å². The molecule has 0 aliphatic carbocycles. The van der Waals surface area contributed by atoms with Crippen LogP contribution < -0.4 is 4.74 Å². The second kappa shape index (κ2) is 8.31. The predicted molar refractivity (Wildman–Crippen MR) is 105 cm³/mol. The number of nitrogens with zero attached hydrogens (tertiary/aromatic N) is 4. The Hall–Kier alpha value is -3.06. The first-order valence-electron chi connectivity index (χ1n) is 9.46. The molecule has 0 radical (unpaired) electrons. The molecule has 0 N–H and O–H groups in total. The quantitative estimate of drug-likeness (QED) is 0.681. The summed E-state index contributed by atoms with van der Waals surface area (Å²) in [7, 11) is 1.66. The van der Waals surface area contributed by atoms with Gasteiger partial charge in [0, 0.05) is 44.3 Å². The summed E-state index contributed by atoms with van der Waals surface area (Å²) in [5, 5.41) is 0. The summed E-state index contributed by atoms with van der Waals surface area (Å²) in [6.07, 6.45) is 6.26. The molecule has 4 rings (SSSR count). The highest BCUT2D eigenvalue weighted by Crippen LogP contribution is 2.18. The summed E-state index contributed by atoms with van der Waals surface area (Å²) in [6.45, 7) is 3.90. The van der Waals surface area contributed by atoms with Crippen LogP contribution in [-0.4, -0.2) is 58.5 Å². The van der Waals surface area contributed by atoms with Crippen LogP contribution in [0.25, 0.3) is 5.69 Å². The molecule has 1 amide bonds. The molecule has 1 fully saturated rings. The number of ether oxygens (including phenoxy) is 1. The number of carbonyl (C=O) groups excluding carboxylic acids is 1. The minimum Gasteiger partial charge on any atom is -0.497 e. The lowest BCUT2D eigenvalue weighted by Crippen LogP contribution is -2.35. The van der Waals surface area contributed by atoms with E-state index in [0.29, 0.717) is 12.3 Å². The topological polar surface area (TPSA) is 63.7 Å². The number of aromatic nitrogens is 2. The highest BCUT2D eigenvalue weighted by molar-refractivity contribution is 5.91. The van der Waals surface area contributed by atoms with Gasteiger partial charge >= 0.3 is 0 Å². The van der Waals surface area contributed by atoms with Crippen molar-refractivity contribution in [1.82, 2.24) is 19.4 Å². The number of hydrogen-bond acceptors (Lipinski definition) is 5. The van der Waals surface area contributed by atoms with E-state index in [1.807, 2.05) is 41.6 Å². The fourth-order valence-corrected chi connectivity index (χ4v) is 3.52. The minimum absolute atomic E-state index is 0.0356. The van der Waals surface area contributed by atoms with Gasteiger partial charge in [0.15, 0.2) is 5.76 Å². The Balaban J connectivity index is 1.41. The zero-order valence-electron chi connectivity index (χ0n) is 16.0. The van der Waals surface area contributed by atoms with E-state index in [1.165, 1.54) is 6.26 Å². The molecule has 2 aromatic heterocycles. The van der Waals surface area contributed by atoms with E-state index in [2.05, 4.69) is 14.5 Å². The van der Waals surface area contributed by atoms with Crippen LogP contribution in [0.2, 0.25) is 0 Å². The summed E-state index contributed by atoms with van der Waals surface area (Å²) in [5.74, 6) is 2.19. The van der Waals surface area contributed by atoms with E-state index in [1.54, 1.807) is 19.2 Å². The van der Waals surface area contributed by atoms with Crippen molar-refractivity contribution in [1.29, 1.82) is 0 Å². The molecule has 0 atom stereocenters. The normalized spacial score (nSPS) is 15.4. The summed E-state index contributed by atoms with van der Waals surface area (Å²) < 4.78 is 12.6. The van der Waals surface area contributed by atoms with E-state index >= 15 is 0 Å². The molecule has 1 aliphatic rings. The second-order valence-corrected chi connectivity index (χ2v) is 6.81. The fourth-order valence-electron chi connectivity index (χ4n) is 3.52. The average molecular weight is 380 g/mol. The van der Waals surface area contributed by atoms with Crippen molar-refractivity contribution in [3.05, 3.63) is 66.6 Å². The molecule has 0 spiro atoms. The molecule has 0 bridgehead atoms. The summed E-state index contributed by atoms with van der Waals surface area (Å²) in [4.78, 5) is 21.3. The molecule has 0 saturated carbocycles. The Morgan fingerprint density at radius 2 is 2.00 bits per heavy atom. The maximum atomic E-state index is 12.5. The van der Waals surface area contributed by atoms with Crippen LogP contribution >= 0.6 is 0 Å². The number of rotatable bonds is 5. The third-order valence-corrected chi connectivity index (χ3v) is 5.04. The first-order valence-corrected chi connectivity index (χ1v) is 9.46. The van der Waals surface area contributed by atoms with Crippen LogP contribution in [0.1, 0.15) is 22.8 Å². The van der Waals surface area contributed by atoms with Gasteiger partial charge in [-0.25, -0.2) is 4.98 Å². The number of methoxy groups -OCH3 is 1. The Morgan fingerprint density at radius 3 is 2.75 bits per heavy atom. The standard InChI is InChI=1S/C21H24N4O3/c1-27-18-7-5-17(6-8-18)25-12-9-22-20(25)16-23-10-3-11-24(14-13-23)21(26)19-4-2-15-28-19/h2,4-9,12,15H,3,10-11,13-14,16H2,1H3. The predicted octanol–water partition coefficient (Wildman–Crippen LogP) is 2.82. The third kappa shape index (κ3) is 3.94. The van der Waals surface area contributed by atoms with Crippen LogP contribution in [0.5, 0.6) is 5.75 Å². The van der Waals surface area contributed by atoms with Crippen molar-refractivity contribution in [3.63, 3.8) is 0 Å². The first kappa shape index (κ1) is 18.3. The fraction of sp³-hybridized carbons (Fsp3) is 0.333. The van der Waals surface area contributed by atoms with Gasteiger partial charge in [0.05, 0.1) is 19.9 Å². The van der Waals surface area contributed by atoms with Gasteiger partial charge in [0.25, 0.3) is 5.91 Å². The lowest BCUT2D eigenvalue weighted by atomic mass is 10.3. The molecule has 1 saturated heterocycles. The van der Waals surface area contributed by atoms with Gasteiger partial charge in [-0.1, -0.05) is 0 Å². The van der Waals surface area contributed by atoms with Gasteiger partial charge in [0.1, 0.15) is 11.6 Å². The van der Waals surface area contributed by atoms with Crippen LogP contribution in [0.15, 0.2) is 59.5 Å². The van der Waals surface area contributed by atoms with Gasteiger partial charge in [-0.2, -0.15) is 0 Å². The lowest BCUT2D eigenvalue weighted by molar-refractivity contribution is 0.0729. The molecule has 28 heavy (non-hydrogen) atoms. The van der Waals surface area contributed by atoms with Crippen molar-refractivity contribution in [2.45, 2.75) is 13.0 Å². The molecule has 1 aliphatic heterocycles. The Kier molecular flexibility index (Phi) is 5.43. The van der Waals surface area contributed by atoms with Crippen molar-refractivity contribution < 1.29 is 13.9 Å². The number of hydrogen-bond donors (Lipinski definition) is 0. The molecular weight excluding hydrogens is 356 g/mol. The maximum Gasteiger partial charge on any atom is 0.289 e. The zero-order chi connectivity index (χ0) is 19.3. The smallest absolute Gasteiger partial charge is 0.289 e. The number of furan rings is 1. The monoisotopic (exact) mass is 380 g/mol. The van der Waals surface area contributed by atoms with E-state index in [-0.39, 0.29) is 5.91 Å². The Bertz CT molecular complexity index is 902. The van der Waals surface area contributed by atoms with Gasteiger partial charge in [-0.3, -0.25) is 9.69 Å². The molecule has 0 unspecified atom stereocenters. The number of amides is 1. The highest BCUT2D eigenvalue weighted by Gasteiger charge is 2.22. The molecule has 146 valence electrons. The van der Waals surface area contributed by atoms with Crippen molar-refractivity contribution in [2.75, 3.05) is 33.3 Å². The minimum atomic E-state index is -0.0356. The molecular formula is C21H24N4O3. The van der Waals surface area contributed by atoms with E-state index < -0.39 is 0 Å². The first-order chi connectivity index (χ1) is 13.7. The summed E-state index contributed by atoms with van der Waals surface area (Å²) >= 11 is 0. The van der Waals surface area contributed by atoms with Gasteiger partial charge in [0.2, 0.25) is 0 Å².